The number of benzene rings is 2. The van der Waals surface area contributed by atoms with Crippen molar-refractivity contribution in [2.24, 2.45) is 5.92 Å². The molecular formula is C29H34N4O3. The lowest BCUT2D eigenvalue weighted by Gasteiger charge is -2.35. The Hall–Kier alpha value is -3.61. The summed E-state index contributed by atoms with van der Waals surface area (Å²) in [7, 11) is 0. The third-order valence-corrected chi connectivity index (χ3v) is 7.65. The maximum atomic E-state index is 14.0. The molecular weight excluding hydrogens is 452 g/mol. The molecule has 0 spiro atoms. The van der Waals surface area contributed by atoms with Crippen molar-refractivity contribution in [3.8, 4) is 0 Å². The van der Waals surface area contributed by atoms with Gasteiger partial charge in [0.25, 0.3) is 11.8 Å². The van der Waals surface area contributed by atoms with Crippen LogP contribution in [0.25, 0.3) is 10.9 Å². The normalized spacial score (nSPS) is 20.1. The van der Waals surface area contributed by atoms with Crippen LogP contribution < -0.4 is 10.2 Å². The quantitative estimate of drug-likeness (QED) is 0.441. The molecule has 188 valence electrons. The summed E-state index contributed by atoms with van der Waals surface area (Å²) in [5, 5.41) is 4.14. The summed E-state index contributed by atoms with van der Waals surface area (Å²) in [6.45, 7) is 8.62. The Balaban J connectivity index is 1.46. The lowest BCUT2D eigenvalue weighted by Crippen LogP contribution is -2.49. The first-order valence-electron chi connectivity index (χ1n) is 12.9. The standard InChI is InChI=1S/C29H34N4O3/c1-18(2)10-9-11-19(3)30-26(34)22-13-6-8-15-24(22)33-27(35)29(4)25-21(16-17-32(29)28(33)36)20-12-5-7-14-23(20)31-25/h5-8,12-15,18-19,31H,9-11,16-17H2,1-4H3,(H,30,34)/t19-,29+/m1/s1. The highest BCUT2D eigenvalue weighted by atomic mass is 16.2. The second-order valence-corrected chi connectivity index (χ2v) is 10.6. The van der Waals surface area contributed by atoms with E-state index in [4.69, 9.17) is 0 Å². The number of H-pyrrole nitrogens is 1. The minimum absolute atomic E-state index is 0.00737. The van der Waals surface area contributed by atoms with Crippen LogP contribution in [-0.2, 0) is 16.8 Å². The van der Waals surface area contributed by atoms with Crippen LogP contribution in [0, 0.1) is 5.92 Å². The van der Waals surface area contributed by atoms with Gasteiger partial charge in [-0.25, -0.2) is 9.69 Å². The van der Waals surface area contributed by atoms with Crippen molar-refractivity contribution < 1.29 is 14.4 Å². The zero-order valence-corrected chi connectivity index (χ0v) is 21.4. The van der Waals surface area contributed by atoms with Gasteiger partial charge in [0.05, 0.1) is 16.9 Å². The first kappa shape index (κ1) is 24.1. The van der Waals surface area contributed by atoms with Gasteiger partial charge in [0.2, 0.25) is 0 Å². The molecule has 7 heteroatoms. The number of rotatable bonds is 7. The molecule has 0 saturated carbocycles. The highest BCUT2D eigenvalue weighted by Crippen LogP contribution is 2.45. The molecule has 4 amide bonds. The third kappa shape index (κ3) is 3.77. The summed E-state index contributed by atoms with van der Waals surface area (Å²) in [5.41, 5.74) is 2.29. The maximum absolute atomic E-state index is 14.0. The van der Waals surface area contributed by atoms with E-state index in [1.54, 1.807) is 36.1 Å². The molecule has 0 aliphatic carbocycles. The molecule has 3 aromatic rings. The second kappa shape index (κ2) is 9.12. The lowest BCUT2D eigenvalue weighted by atomic mass is 9.87. The van der Waals surface area contributed by atoms with Gasteiger partial charge in [-0.15, -0.1) is 0 Å². The van der Waals surface area contributed by atoms with Crippen LogP contribution in [0.3, 0.4) is 0 Å². The molecule has 2 N–H and O–H groups in total. The third-order valence-electron chi connectivity index (χ3n) is 7.65. The van der Waals surface area contributed by atoms with E-state index >= 15 is 0 Å². The summed E-state index contributed by atoms with van der Waals surface area (Å²) in [5.74, 6) is 0.00769. The Kier molecular flexibility index (Phi) is 6.10. The van der Waals surface area contributed by atoms with E-state index in [-0.39, 0.29) is 17.9 Å². The summed E-state index contributed by atoms with van der Waals surface area (Å²) < 4.78 is 0. The van der Waals surface area contributed by atoms with Crippen molar-refractivity contribution in [3.05, 3.63) is 65.4 Å². The number of imide groups is 1. The van der Waals surface area contributed by atoms with Crippen LogP contribution >= 0.6 is 0 Å². The molecule has 7 nitrogen and oxygen atoms in total. The van der Waals surface area contributed by atoms with Crippen LogP contribution in [0.4, 0.5) is 10.5 Å². The molecule has 3 heterocycles. The second-order valence-electron chi connectivity index (χ2n) is 10.6. The zero-order valence-electron chi connectivity index (χ0n) is 21.4. The molecule has 1 aromatic heterocycles. The molecule has 2 aliphatic heterocycles. The number of anilines is 1. The molecule has 5 rings (SSSR count). The fourth-order valence-corrected chi connectivity index (χ4v) is 5.67. The highest BCUT2D eigenvalue weighted by molar-refractivity contribution is 6.25. The van der Waals surface area contributed by atoms with Crippen molar-refractivity contribution in [1.29, 1.82) is 0 Å². The number of para-hydroxylation sites is 2. The van der Waals surface area contributed by atoms with Gasteiger partial charge >= 0.3 is 6.03 Å². The Morgan fingerprint density at radius 3 is 2.56 bits per heavy atom. The minimum Gasteiger partial charge on any atom is -0.356 e. The fourth-order valence-electron chi connectivity index (χ4n) is 5.67. The molecule has 2 aromatic carbocycles. The Morgan fingerprint density at radius 1 is 1.06 bits per heavy atom. The van der Waals surface area contributed by atoms with Crippen molar-refractivity contribution >= 4 is 34.4 Å². The average Bonchev–Trinajstić information content (AvgIpc) is 3.32. The van der Waals surface area contributed by atoms with Gasteiger partial charge in [0.1, 0.15) is 0 Å². The topological polar surface area (TPSA) is 85.5 Å². The molecule has 0 bridgehead atoms. The summed E-state index contributed by atoms with van der Waals surface area (Å²) in [6, 6.07) is 14.5. The van der Waals surface area contributed by atoms with E-state index in [1.807, 2.05) is 31.2 Å². The van der Waals surface area contributed by atoms with Gasteiger partial charge in [0.15, 0.2) is 5.54 Å². The summed E-state index contributed by atoms with van der Waals surface area (Å²) >= 11 is 0. The Labute approximate surface area is 211 Å². The summed E-state index contributed by atoms with van der Waals surface area (Å²) in [4.78, 5) is 47.2. The Bertz CT molecular complexity index is 1340. The lowest BCUT2D eigenvalue weighted by molar-refractivity contribution is -0.125. The SMILES string of the molecule is CC(C)CCC[C@@H](C)NC(=O)c1ccccc1N1C(=O)N2CCc3c([nH]c4ccccc34)[C@@]2(C)C1=O. The largest absolute Gasteiger partial charge is 0.356 e. The van der Waals surface area contributed by atoms with Crippen molar-refractivity contribution in [3.63, 3.8) is 0 Å². The number of urea groups is 1. The van der Waals surface area contributed by atoms with Crippen LogP contribution in [0.2, 0.25) is 0 Å². The molecule has 36 heavy (non-hydrogen) atoms. The number of fused-ring (bicyclic) bond motifs is 5. The number of hydrogen-bond donors (Lipinski definition) is 2. The van der Waals surface area contributed by atoms with Gasteiger partial charge in [-0.3, -0.25) is 9.59 Å². The van der Waals surface area contributed by atoms with E-state index in [1.165, 1.54) is 4.90 Å². The number of nitrogens with zero attached hydrogens (tertiary/aromatic N) is 2. The van der Waals surface area contributed by atoms with Crippen molar-refractivity contribution in [2.75, 3.05) is 11.4 Å². The van der Waals surface area contributed by atoms with Gasteiger partial charge in [0, 0.05) is 23.5 Å². The van der Waals surface area contributed by atoms with Crippen LogP contribution in [-0.4, -0.2) is 40.3 Å². The predicted octanol–water partition coefficient (Wildman–Crippen LogP) is 5.35. The number of aromatic nitrogens is 1. The monoisotopic (exact) mass is 486 g/mol. The molecule has 1 fully saturated rings. The van der Waals surface area contributed by atoms with Crippen LogP contribution in [0.15, 0.2) is 48.5 Å². The van der Waals surface area contributed by atoms with Crippen molar-refractivity contribution in [1.82, 2.24) is 15.2 Å². The molecule has 2 atom stereocenters. The number of hydrogen-bond acceptors (Lipinski definition) is 3. The van der Waals surface area contributed by atoms with E-state index in [2.05, 4.69) is 24.1 Å². The molecule has 0 radical (unpaired) electrons. The van der Waals surface area contributed by atoms with Gasteiger partial charge in [-0.2, -0.15) is 0 Å². The van der Waals surface area contributed by atoms with Gasteiger partial charge in [-0.1, -0.05) is 57.0 Å². The fraction of sp³-hybridized carbons (Fsp3) is 0.414. The van der Waals surface area contributed by atoms with Gasteiger partial charge < -0.3 is 15.2 Å². The number of aromatic amines is 1. The first-order valence-corrected chi connectivity index (χ1v) is 12.9. The molecule has 2 aliphatic rings. The number of nitrogens with one attached hydrogen (secondary N) is 2. The van der Waals surface area contributed by atoms with E-state index < -0.39 is 11.6 Å². The van der Waals surface area contributed by atoms with E-state index in [0.29, 0.717) is 30.1 Å². The predicted molar refractivity (Wildman–Crippen MR) is 141 cm³/mol. The van der Waals surface area contributed by atoms with Crippen LogP contribution in [0.1, 0.15) is 68.6 Å². The number of amides is 4. The number of carbonyl (C=O) groups excluding carboxylic acids is 3. The summed E-state index contributed by atoms with van der Waals surface area (Å²) in [6.07, 6.45) is 3.68. The average molecular weight is 487 g/mol. The first-order chi connectivity index (χ1) is 17.2. The van der Waals surface area contributed by atoms with E-state index in [0.717, 1.165) is 41.4 Å². The number of carbonyl (C=O) groups is 3. The van der Waals surface area contributed by atoms with Crippen molar-refractivity contribution in [2.45, 2.75) is 65.0 Å². The molecule has 0 unspecified atom stereocenters. The zero-order chi connectivity index (χ0) is 25.6. The van der Waals surface area contributed by atoms with Gasteiger partial charge in [-0.05, 0) is 56.4 Å². The Morgan fingerprint density at radius 2 is 1.78 bits per heavy atom. The van der Waals surface area contributed by atoms with Crippen LogP contribution in [0.5, 0.6) is 0 Å². The minimum atomic E-state index is -1.16. The van der Waals surface area contributed by atoms with E-state index in [9.17, 15) is 14.4 Å². The molecule has 1 saturated heterocycles. The highest BCUT2D eigenvalue weighted by Gasteiger charge is 2.59. The maximum Gasteiger partial charge on any atom is 0.332 e. The smallest absolute Gasteiger partial charge is 0.332 e.